The van der Waals surface area contributed by atoms with Gasteiger partial charge in [-0.15, -0.1) is 0 Å². The van der Waals surface area contributed by atoms with Crippen molar-refractivity contribution in [1.29, 1.82) is 0 Å². The molecule has 0 fully saturated rings. The number of nitrogens with zero attached hydrogens (tertiary/aromatic N) is 3. The number of carbonyl (C=O) groups excluding carboxylic acids is 1. The summed E-state index contributed by atoms with van der Waals surface area (Å²) in [6.07, 6.45) is 0. The molecule has 1 aromatic heterocycles. The van der Waals surface area contributed by atoms with Gasteiger partial charge >= 0.3 is 0 Å². The highest BCUT2D eigenvalue weighted by molar-refractivity contribution is 6.36. The molecule has 1 amide bonds. The van der Waals surface area contributed by atoms with Gasteiger partial charge in [0.05, 0.1) is 28.5 Å². The highest BCUT2D eigenvalue weighted by Crippen LogP contribution is 2.28. The molecule has 0 saturated heterocycles. The predicted octanol–water partition coefficient (Wildman–Crippen LogP) is 5.32. The van der Waals surface area contributed by atoms with E-state index in [-0.39, 0.29) is 11.3 Å². The normalized spacial score (nSPS) is 10.8. The molecule has 0 aliphatic carbocycles. The van der Waals surface area contributed by atoms with Crippen molar-refractivity contribution in [3.05, 3.63) is 84.6 Å². The van der Waals surface area contributed by atoms with Crippen LogP contribution in [-0.2, 0) is 6.54 Å². The molecule has 0 atom stereocenters. The van der Waals surface area contributed by atoms with Crippen molar-refractivity contribution in [3.8, 4) is 0 Å². The summed E-state index contributed by atoms with van der Waals surface area (Å²) in [4.78, 5) is 23.3. The van der Waals surface area contributed by atoms with Crippen LogP contribution in [0.1, 0.15) is 32.9 Å². The lowest BCUT2D eigenvalue weighted by atomic mass is 10.1. The van der Waals surface area contributed by atoms with Crippen LogP contribution < -0.4 is 5.32 Å². The maximum Gasteiger partial charge on any atom is 0.273 e. The Bertz CT molecular complexity index is 1100. The summed E-state index contributed by atoms with van der Waals surface area (Å²) in [5, 5.41) is 19.5. The molecule has 0 aliphatic rings. The van der Waals surface area contributed by atoms with Gasteiger partial charge in [0.2, 0.25) is 0 Å². The van der Waals surface area contributed by atoms with Gasteiger partial charge in [-0.25, -0.2) is 0 Å². The standard InChI is InChI=1S/C20H18Cl2N4O3/c1-11-7-8-14(9-18(11)26(28)29)20(27)23-19-12(2)24-25(13(19)3)10-15-16(21)5-4-6-17(15)22/h4-9H,10H2,1-3H3,(H,23,27). The molecule has 0 unspecified atom stereocenters. The first-order valence-corrected chi connectivity index (χ1v) is 9.48. The van der Waals surface area contributed by atoms with Crippen LogP contribution >= 0.6 is 23.2 Å². The van der Waals surface area contributed by atoms with Crippen molar-refractivity contribution in [2.75, 3.05) is 5.32 Å². The number of rotatable bonds is 5. The molecular formula is C20H18Cl2N4O3. The third-order valence-electron chi connectivity index (χ3n) is 4.66. The summed E-state index contributed by atoms with van der Waals surface area (Å²) in [5.74, 6) is -0.449. The number of halogens is 2. The van der Waals surface area contributed by atoms with E-state index in [9.17, 15) is 14.9 Å². The van der Waals surface area contributed by atoms with Gasteiger partial charge in [-0.1, -0.05) is 35.3 Å². The van der Waals surface area contributed by atoms with Gasteiger partial charge in [0, 0.05) is 32.8 Å². The van der Waals surface area contributed by atoms with E-state index in [0.29, 0.717) is 39.2 Å². The minimum Gasteiger partial charge on any atom is -0.319 e. The Labute approximate surface area is 177 Å². The fourth-order valence-electron chi connectivity index (χ4n) is 3.00. The Hall–Kier alpha value is -2.90. The third-order valence-corrected chi connectivity index (χ3v) is 5.37. The van der Waals surface area contributed by atoms with Gasteiger partial charge in [-0.2, -0.15) is 5.10 Å². The topological polar surface area (TPSA) is 90.1 Å². The number of anilines is 1. The highest BCUT2D eigenvalue weighted by Gasteiger charge is 2.19. The first-order chi connectivity index (χ1) is 13.7. The van der Waals surface area contributed by atoms with E-state index in [1.165, 1.54) is 6.07 Å². The number of hydrogen-bond donors (Lipinski definition) is 1. The number of nitrogens with one attached hydrogen (secondary N) is 1. The molecule has 1 heterocycles. The van der Waals surface area contributed by atoms with Gasteiger partial charge in [0.1, 0.15) is 0 Å². The van der Waals surface area contributed by atoms with Crippen molar-refractivity contribution in [3.63, 3.8) is 0 Å². The zero-order valence-corrected chi connectivity index (χ0v) is 17.5. The minimum atomic E-state index is -0.506. The van der Waals surface area contributed by atoms with Gasteiger partial charge in [-0.05, 0) is 39.0 Å². The number of benzene rings is 2. The Balaban J connectivity index is 1.88. The molecule has 0 aliphatic heterocycles. The molecule has 0 saturated carbocycles. The number of amides is 1. The highest BCUT2D eigenvalue weighted by atomic mass is 35.5. The van der Waals surface area contributed by atoms with Crippen molar-refractivity contribution >= 4 is 40.5 Å². The van der Waals surface area contributed by atoms with Crippen LogP contribution in [0.25, 0.3) is 0 Å². The second-order valence-corrected chi connectivity index (χ2v) is 7.43. The van der Waals surface area contributed by atoms with E-state index >= 15 is 0 Å². The van der Waals surface area contributed by atoms with E-state index in [0.717, 1.165) is 5.56 Å². The van der Waals surface area contributed by atoms with E-state index in [4.69, 9.17) is 23.2 Å². The predicted molar refractivity (Wildman–Crippen MR) is 113 cm³/mol. The number of aromatic nitrogens is 2. The lowest BCUT2D eigenvalue weighted by Gasteiger charge is -2.10. The monoisotopic (exact) mass is 432 g/mol. The third kappa shape index (κ3) is 4.26. The molecular weight excluding hydrogens is 415 g/mol. The Morgan fingerprint density at radius 3 is 2.45 bits per heavy atom. The summed E-state index contributed by atoms with van der Waals surface area (Å²) in [5.41, 5.74) is 3.19. The zero-order valence-electron chi connectivity index (χ0n) is 16.0. The van der Waals surface area contributed by atoms with Gasteiger partial charge < -0.3 is 5.32 Å². The van der Waals surface area contributed by atoms with Gasteiger partial charge in [0.15, 0.2) is 0 Å². The number of hydrogen-bond acceptors (Lipinski definition) is 4. The van der Waals surface area contributed by atoms with E-state index in [2.05, 4.69) is 10.4 Å². The summed E-state index contributed by atoms with van der Waals surface area (Å²) in [7, 11) is 0. The molecule has 9 heteroatoms. The van der Waals surface area contributed by atoms with Crippen LogP contribution in [0.3, 0.4) is 0 Å². The molecule has 29 heavy (non-hydrogen) atoms. The maximum absolute atomic E-state index is 12.7. The van der Waals surface area contributed by atoms with Crippen LogP contribution in [0.5, 0.6) is 0 Å². The first-order valence-electron chi connectivity index (χ1n) is 8.72. The van der Waals surface area contributed by atoms with Crippen molar-refractivity contribution in [1.82, 2.24) is 9.78 Å². The average molecular weight is 433 g/mol. The number of nitro groups is 1. The van der Waals surface area contributed by atoms with E-state index in [1.807, 2.05) is 6.92 Å². The molecule has 0 spiro atoms. The van der Waals surface area contributed by atoms with Gasteiger partial charge in [0.25, 0.3) is 11.6 Å². The fraction of sp³-hybridized carbons (Fsp3) is 0.200. The zero-order chi connectivity index (χ0) is 21.3. The van der Waals surface area contributed by atoms with Crippen LogP contribution in [0.15, 0.2) is 36.4 Å². The van der Waals surface area contributed by atoms with Crippen molar-refractivity contribution in [2.24, 2.45) is 0 Å². The van der Waals surface area contributed by atoms with Crippen molar-refractivity contribution < 1.29 is 9.72 Å². The van der Waals surface area contributed by atoms with Crippen LogP contribution in [0.4, 0.5) is 11.4 Å². The summed E-state index contributed by atoms with van der Waals surface area (Å²) in [6, 6.07) is 9.64. The maximum atomic E-state index is 12.7. The second-order valence-electron chi connectivity index (χ2n) is 6.62. The van der Waals surface area contributed by atoms with Crippen LogP contribution in [0, 0.1) is 30.9 Å². The molecule has 0 bridgehead atoms. The summed E-state index contributed by atoms with van der Waals surface area (Å²) >= 11 is 12.5. The van der Waals surface area contributed by atoms with Crippen LogP contribution in [-0.4, -0.2) is 20.6 Å². The molecule has 7 nitrogen and oxygen atoms in total. The van der Waals surface area contributed by atoms with E-state index in [1.54, 1.807) is 48.9 Å². The number of nitro benzene ring substituents is 1. The quantitative estimate of drug-likeness (QED) is 0.435. The Morgan fingerprint density at radius 2 is 1.83 bits per heavy atom. The summed E-state index contributed by atoms with van der Waals surface area (Å²) in [6.45, 7) is 5.55. The average Bonchev–Trinajstić information content (AvgIpc) is 2.92. The molecule has 3 rings (SSSR count). The molecule has 0 radical (unpaired) electrons. The van der Waals surface area contributed by atoms with Gasteiger partial charge in [-0.3, -0.25) is 19.6 Å². The number of carbonyl (C=O) groups is 1. The SMILES string of the molecule is Cc1ccc(C(=O)Nc2c(C)nn(Cc3c(Cl)cccc3Cl)c2C)cc1[N+](=O)[O-]. The number of aryl methyl sites for hydroxylation is 2. The molecule has 3 aromatic rings. The lowest BCUT2D eigenvalue weighted by Crippen LogP contribution is -2.14. The Kier molecular flexibility index (Phi) is 5.91. The molecule has 1 N–H and O–H groups in total. The smallest absolute Gasteiger partial charge is 0.273 e. The first kappa shape index (κ1) is 20.8. The largest absolute Gasteiger partial charge is 0.319 e. The van der Waals surface area contributed by atoms with E-state index < -0.39 is 10.8 Å². The summed E-state index contributed by atoms with van der Waals surface area (Å²) < 4.78 is 1.70. The molecule has 2 aromatic carbocycles. The fourth-order valence-corrected chi connectivity index (χ4v) is 3.51. The van der Waals surface area contributed by atoms with Crippen LogP contribution in [0.2, 0.25) is 10.0 Å². The molecule has 150 valence electrons. The minimum absolute atomic E-state index is 0.102. The Morgan fingerprint density at radius 1 is 1.17 bits per heavy atom. The van der Waals surface area contributed by atoms with Crippen molar-refractivity contribution in [2.45, 2.75) is 27.3 Å². The second kappa shape index (κ2) is 8.23. The lowest BCUT2D eigenvalue weighted by molar-refractivity contribution is -0.385.